The molecule has 0 spiro atoms. The van der Waals surface area contributed by atoms with Gasteiger partial charge in [-0.15, -0.1) is 11.8 Å². The van der Waals surface area contributed by atoms with Gasteiger partial charge in [-0.2, -0.15) is 0 Å². The lowest BCUT2D eigenvalue weighted by Gasteiger charge is -2.30. The minimum Gasteiger partial charge on any atom is -0.396 e. The Kier molecular flexibility index (Phi) is 4.86. The van der Waals surface area contributed by atoms with Gasteiger partial charge in [-0.05, 0) is 36.3 Å². The van der Waals surface area contributed by atoms with Crippen molar-refractivity contribution in [3.8, 4) is 0 Å². The van der Waals surface area contributed by atoms with Crippen LogP contribution in [0.3, 0.4) is 0 Å². The number of rotatable bonds is 4. The molecular weight excluding hydrogens is 282 g/mol. The van der Waals surface area contributed by atoms with Gasteiger partial charge in [0.2, 0.25) is 5.91 Å². The van der Waals surface area contributed by atoms with E-state index in [-0.39, 0.29) is 18.4 Å². The Balaban J connectivity index is 1.57. The predicted octanol–water partition coefficient (Wildman–Crippen LogP) is 2.79. The Morgan fingerprint density at radius 2 is 2.00 bits per heavy atom. The van der Waals surface area contributed by atoms with E-state index in [0.717, 1.165) is 18.6 Å². The average Bonchev–Trinajstić information content (AvgIpc) is 2.97. The van der Waals surface area contributed by atoms with Crippen molar-refractivity contribution >= 4 is 17.7 Å². The molecule has 4 heteroatoms. The van der Waals surface area contributed by atoms with Crippen molar-refractivity contribution in [3.63, 3.8) is 0 Å². The van der Waals surface area contributed by atoms with E-state index < -0.39 is 0 Å². The van der Waals surface area contributed by atoms with Gasteiger partial charge in [-0.1, -0.05) is 31.0 Å². The fourth-order valence-electron chi connectivity index (χ4n) is 3.53. The van der Waals surface area contributed by atoms with Crippen LogP contribution in [0.25, 0.3) is 0 Å². The largest absolute Gasteiger partial charge is 0.396 e. The van der Waals surface area contributed by atoms with E-state index in [9.17, 15) is 9.90 Å². The highest BCUT2D eigenvalue weighted by Crippen LogP contribution is 2.39. The van der Waals surface area contributed by atoms with Crippen molar-refractivity contribution in [3.05, 3.63) is 29.8 Å². The molecule has 3 rings (SSSR count). The minimum atomic E-state index is -0.0117. The normalized spacial score (nSPS) is 28.1. The summed E-state index contributed by atoms with van der Waals surface area (Å²) in [7, 11) is 0. The maximum atomic E-state index is 12.5. The molecule has 3 unspecified atom stereocenters. The summed E-state index contributed by atoms with van der Waals surface area (Å²) in [6.07, 6.45) is 4.65. The summed E-state index contributed by atoms with van der Waals surface area (Å²) in [5, 5.41) is 12.6. The molecule has 2 N–H and O–H groups in total. The van der Waals surface area contributed by atoms with E-state index in [1.54, 1.807) is 11.8 Å². The molecule has 0 aromatic heterocycles. The van der Waals surface area contributed by atoms with E-state index in [1.807, 2.05) is 12.1 Å². The molecule has 0 bridgehead atoms. The van der Waals surface area contributed by atoms with Gasteiger partial charge in [0.1, 0.15) is 0 Å². The Labute approximate surface area is 130 Å². The number of aliphatic hydroxyl groups excluding tert-OH is 1. The maximum absolute atomic E-state index is 12.5. The van der Waals surface area contributed by atoms with Gasteiger partial charge < -0.3 is 10.4 Å². The van der Waals surface area contributed by atoms with Gasteiger partial charge in [0, 0.05) is 23.8 Å². The zero-order valence-corrected chi connectivity index (χ0v) is 13.1. The SMILES string of the molecule is O=C(NCC1CCCCC1CO)C1CSc2ccccc21. The standard InChI is InChI=1S/C17H23NO2S/c19-10-13-6-2-1-5-12(13)9-18-17(20)15-11-21-16-8-4-3-7-14(15)16/h3-4,7-8,12-13,15,19H,1-2,5-6,9-11H2,(H,18,20). The van der Waals surface area contributed by atoms with Gasteiger partial charge in [0.05, 0.1) is 5.92 Å². The number of benzene rings is 1. The van der Waals surface area contributed by atoms with Crippen molar-refractivity contribution < 1.29 is 9.90 Å². The van der Waals surface area contributed by atoms with E-state index in [0.29, 0.717) is 18.4 Å². The fourth-order valence-corrected chi connectivity index (χ4v) is 4.76. The van der Waals surface area contributed by atoms with Crippen LogP contribution in [-0.2, 0) is 4.79 Å². The van der Waals surface area contributed by atoms with Gasteiger partial charge in [-0.3, -0.25) is 4.79 Å². The molecule has 1 aromatic carbocycles. The number of carbonyl (C=O) groups is 1. The van der Waals surface area contributed by atoms with Gasteiger partial charge in [0.25, 0.3) is 0 Å². The molecule has 1 fully saturated rings. The first-order chi connectivity index (χ1) is 10.3. The lowest BCUT2D eigenvalue weighted by Crippen LogP contribution is -2.37. The molecule has 0 radical (unpaired) electrons. The Bertz CT molecular complexity index is 505. The Morgan fingerprint density at radius 3 is 2.81 bits per heavy atom. The summed E-state index contributed by atoms with van der Waals surface area (Å²) < 4.78 is 0. The number of aliphatic hydroxyl groups is 1. The van der Waals surface area contributed by atoms with Crippen LogP contribution < -0.4 is 5.32 Å². The van der Waals surface area contributed by atoms with Crippen LogP contribution in [-0.4, -0.2) is 29.9 Å². The summed E-state index contributed by atoms with van der Waals surface area (Å²) in [6.45, 7) is 0.968. The van der Waals surface area contributed by atoms with Gasteiger partial charge in [-0.25, -0.2) is 0 Å². The molecule has 21 heavy (non-hydrogen) atoms. The van der Waals surface area contributed by atoms with E-state index in [4.69, 9.17) is 0 Å². The lowest BCUT2D eigenvalue weighted by molar-refractivity contribution is -0.122. The monoisotopic (exact) mass is 305 g/mol. The second-order valence-electron chi connectivity index (χ2n) is 6.13. The summed E-state index contributed by atoms with van der Waals surface area (Å²) in [6, 6.07) is 8.20. The second-order valence-corrected chi connectivity index (χ2v) is 7.20. The van der Waals surface area contributed by atoms with E-state index in [2.05, 4.69) is 17.4 Å². The molecule has 1 aliphatic carbocycles. The Morgan fingerprint density at radius 1 is 1.24 bits per heavy atom. The smallest absolute Gasteiger partial charge is 0.228 e. The molecule has 1 aliphatic heterocycles. The second kappa shape index (κ2) is 6.84. The number of nitrogens with one attached hydrogen (secondary N) is 1. The topological polar surface area (TPSA) is 49.3 Å². The van der Waals surface area contributed by atoms with Crippen molar-refractivity contribution in [1.29, 1.82) is 0 Å². The van der Waals surface area contributed by atoms with Crippen molar-refractivity contribution in [1.82, 2.24) is 5.32 Å². The first-order valence-corrected chi connectivity index (χ1v) is 8.88. The van der Waals surface area contributed by atoms with Gasteiger partial charge in [0.15, 0.2) is 0 Å². The van der Waals surface area contributed by atoms with Crippen molar-refractivity contribution in [2.75, 3.05) is 18.9 Å². The fraction of sp³-hybridized carbons (Fsp3) is 0.588. The third kappa shape index (κ3) is 3.27. The van der Waals surface area contributed by atoms with Crippen LogP contribution in [0, 0.1) is 11.8 Å². The predicted molar refractivity (Wildman–Crippen MR) is 85.5 cm³/mol. The van der Waals surface area contributed by atoms with Crippen molar-refractivity contribution in [2.24, 2.45) is 11.8 Å². The minimum absolute atomic E-state index is 0.0117. The van der Waals surface area contributed by atoms with E-state index in [1.165, 1.54) is 23.3 Å². The summed E-state index contributed by atoms with van der Waals surface area (Å²) >= 11 is 1.77. The van der Waals surface area contributed by atoms with Crippen LogP contribution in [0.4, 0.5) is 0 Å². The highest BCUT2D eigenvalue weighted by atomic mass is 32.2. The number of carbonyl (C=O) groups excluding carboxylic acids is 1. The van der Waals surface area contributed by atoms with E-state index >= 15 is 0 Å². The van der Waals surface area contributed by atoms with Crippen LogP contribution in [0.5, 0.6) is 0 Å². The summed E-state index contributed by atoms with van der Waals surface area (Å²) in [4.78, 5) is 13.7. The first-order valence-electron chi connectivity index (χ1n) is 7.90. The quantitative estimate of drug-likeness (QED) is 0.899. The molecule has 1 amide bonds. The summed E-state index contributed by atoms with van der Waals surface area (Å²) in [5.41, 5.74) is 1.17. The highest BCUT2D eigenvalue weighted by molar-refractivity contribution is 7.99. The zero-order valence-electron chi connectivity index (χ0n) is 12.3. The number of amides is 1. The number of hydrogen-bond acceptors (Lipinski definition) is 3. The number of thioether (sulfide) groups is 1. The maximum Gasteiger partial charge on any atom is 0.228 e. The first kappa shape index (κ1) is 14.9. The Hall–Kier alpha value is -1.00. The molecule has 2 aliphatic rings. The van der Waals surface area contributed by atoms with Crippen LogP contribution in [0.1, 0.15) is 37.2 Å². The molecule has 3 nitrogen and oxygen atoms in total. The summed E-state index contributed by atoms with van der Waals surface area (Å²) in [5.74, 6) is 1.79. The molecular formula is C17H23NO2S. The number of hydrogen-bond donors (Lipinski definition) is 2. The third-order valence-electron chi connectivity index (χ3n) is 4.86. The molecule has 1 saturated carbocycles. The average molecular weight is 305 g/mol. The molecule has 1 heterocycles. The van der Waals surface area contributed by atoms with Gasteiger partial charge >= 0.3 is 0 Å². The molecule has 3 atom stereocenters. The third-order valence-corrected chi connectivity index (χ3v) is 6.04. The molecule has 114 valence electrons. The lowest BCUT2D eigenvalue weighted by atomic mass is 9.79. The van der Waals surface area contributed by atoms with Crippen LogP contribution >= 0.6 is 11.8 Å². The van der Waals surface area contributed by atoms with Crippen LogP contribution in [0.2, 0.25) is 0 Å². The molecule has 0 saturated heterocycles. The highest BCUT2D eigenvalue weighted by Gasteiger charge is 2.30. The molecule has 1 aromatic rings. The van der Waals surface area contributed by atoms with Crippen molar-refractivity contribution in [2.45, 2.75) is 36.5 Å². The number of fused-ring (bicyclic) bond motifs is 1. The zero-order chi connectivity index (χ0) is 14.7. The van der Waals surface area contributed by atoms with Crippen LogP contribution in [0.15, 0.2) is 29.2 Å².